The van der Waals surface area contributed by atoms with E-state index in [4.69, 9.17) is 9.52 Å². The van der Waals surface area contributed by atoms with E-state index in [0.717, 1.165) is 51.0 Å². The molecule has 2 amide bonds. The lowest BCUT2D eigenvalue weighted by atomic mass is 9.69. The van der Waals surface area contributed by atoms with Gasteiger partial charge < -0.3 is 24.6 Å². The van der Waals surface area contributed by atoms with Gasteiger partial charge in [-0.15, -0.1) is 0 Å². The Balaban J connectivity index is 1.37. The van der Waals surface area contributed by atoms with Crippen LogP contribution in [0.2, 0.25) is 0 Å². The van der Waals surface area contributed by atoms with Gasteiger partial charge in [0.05, 0.1) is 6.26 Å². The average molecular weight is 482 g/mol. The molecule has 35 heavy (non-hydrogen) atoms. The predicted molar refractivity (Wildman–Crippen MR) is 137 cm³/mol. The number of amides is 2. The first-order chi connectivity index (χ1) is 17.0. The third-order valence-corrected chi connectivity index (χ3v) is 7.99. The number of nitrogens with one attached hydrogen (secondary N) is 1. The first-order valence-electron chi connectivity index (χ1n) is 13.1. The quantitative estimate of drug-likeness (QED) is 0.480. The minimum atomic E-state index is -0.930. The van der Waals surface area contributed by atoms with Crippen LogP contribution in [-0.4, -0.2) is 54.2 Å². The van der Waals surface area contributed by atoms with Gasteiger partial charge in [-0.2, -0.15) is 0 Å². The van der Waals surface area contributed by atoms with Crippen LogP contribution in [0.1, 0.15) is 73.9 Å². The summed E-state index contributed by atoms with van der Waals surface area (Å²) in [5, 5.41) is 11.5. The molecule has 0 bridgehead atoms. The number of benzene rings is 1. The van der Waals surface area contributed by atoms with E-state index in [1.807, 2.05) is 17.0 Å². The van der Waals surface area contributed by atoms with Crippen LogP contribution in [0.25, 0.3) is 0 Å². The van der Waals surface area contributed by atoms with Crippen molar-refractivity contribution in [1.82, 2.24) is 10.2 Å². The summed E-state index contributed by atoms with van der Waals surface area (Å²) in [6, 6.07) is 11.8. The van der Waals surface area contributed by atoms with Crippen LogP contribution in [-0.2, 0) is 0 Å². The zero-order valence-corrected chi connectivity index (χ0v) is 20.9. The topological polar surface area (TPSA) is 86.0 Å². The van der Waals surface area contributed by atoms with Gasteiger partial charge in [-0.05, 0) is 81.7 Å². The number of furan rings is 1. The molecule has 2 heterocycles. The van der Waals surface area contributed by atoms with E-state index in [1.54, 1.807) is 18.4 Å². The second kappa shape index (κ2) is 11.8. The highest BCUT2D eigenvalue weighted by Crippen LogP contribution is 2.42. The zero-order valence-electron chi connectivity index (χ0n) is 20.9. The molecule has 0 unspecified atom stereocenters. The summed E-state index contributed by atoms with van der Waals surface area (Å²) in [6.07, 6.45) is 10.7. The van der Waals surface area contributed by atoms with Crippen molar-refractivity contribution in [3.05, 3.63) is 54.0 Å². The number of nitrogens with zero attached hydrogens (tertiary/aromatic N) is 2. The van der Waals surface area contributed by atoms with E-state index in [-0.39, 0.29) is 17.4 Å². The van der Waals surface area contributed by atoms with Crippen LogP contribution in [0, 0.1) is 12.3 Å². The van der Waals surface area contributed by atoms with Gasteiger partial charge in [-0.25, -0.2) is 4.79 Å². The lowest BCUT2D eigenvalue weighted by Gasteiger charge is -2.42. The van der Waals surface area contributed by atoms with Crippen molar-refractivity contribution in [2.75, 3.05) is 31.1 Å². The molecule has 4 rings (SSSR count). The molecular weight excluding hydrogens is 442 g/mol. The summed E-state index contributed by atoms with van der Waals surface area (Å²) in [6.45, 7) is 5.55. The highest BCUT2D eigenvalue weighted by molar-refractivity contribution is 6.04. The molecule has 2 aromatic rings. The molecule has 1 aromatic heterocycles. The number of aryl methyl sites for hydroxylation is 1. The molecule has 7 nitrogen and oxygen atoms in total. The van der Waals surface area contributed by atoms with Gasteiger partial charge in [0, 0.05) is 31.4 Å². The average Bonchev–Trinajstić information content (AvgIpc) is 3.41. The maximum absolute atomic E-state index is 13.4. The molecule has 1 saturated carbocycles. The normalized spacial score (nSPS) is 18.8. The van der Waals surface area contributed by atoms with Gasteiger partial charge in [0.2, 0.25) is 0 Å². The SMILES string of the molecule is Cc1ccc(N(C(=O)c2ccco2)C2CCN(CCC3(CCNC(=O)O)CCCCC3)CC2)cc1. The fourth-order valence-corrected chi connectivity index (χ4v) is 5.88. The van der Waals surface area contributed by atoms with Crippen LogP contribution in [0.5, 0.6) is 0 Å². The number of hydrogen-bond acceptors (Lipinski definition) is 4. The van der Waals surface area contributed by atoms with Crippen molar-refractivity contribution in [3.63, 3.8) is 0 Å². The fraction of sp³-hybridized carbons (Fsp3) is 0.571. The molecule has 0 radical (unpaired) electrons. The lowest BCUT2D eigenvalue weighted by molar-refractivity contribution is 0.0919. The van der Waals surface area contributed by atoms with Crippen LogP contribution >= 0.6 is 0 Å². The van der Waals surface area contributed by atoms with E-state index >= 15 is 0 Å². The van der Waals surface area contributed by atoms with E-state index in [9.17, 15) is 9.59 Å². The number of anilines is 1. The molecule has 1 aliphatic carbocycles. The number of piperidine rings is 1. The van der Waals surface area contributed by atoms with Crippen molar-refractivity contribution in [2.45, 2.75) is 70.8 Å². The van der Waals surface area contributed by atoms with Crippen LogP contribution in [0.4, 0.5) is 10.5 Å². The van der Waals surface area contributed by atoms with Gasteiger partial charge in [-0.1, -0.05) is 37.0 Å². The second-order valence-corrected chi connectivity index (χ2v) is 10.4. The number of carbonyl (C=O) groups excluding carboxylic acids is 1. The number of rotatable bonds is 9. The summed E-state index contributed by atoms with van der Waals surface area (Å²) in [5.41, 5.74) is 2.34. The summed E-state index contributed by atoms with van der Waals surface area (Å²) >= 11 is 0. The van der Waals surface area contributed by atoms with Gasteiger partial charge in [0.15, 0.2) is 5.76 Å². The van der Waals surface area contributed by atoms with E-state index in [1.165, 1.54) is 37.7 Å². The monoisotopic (exact) mass is 481 g/mol. The van der Waals surface area contributed by atoms with Gasteiger partial charge in [-0.3, -0.25) is 4.79 Å². The number of carbonyl (C=O) groups is 2. The Morgan fingerprint density at radius 2 is 1.80 bits per heavy atom. The molecule has 1 aromatic carbocycles. The van der Waals surface area contributed by atoms with Crippen molar-refractivity contribution < 1.29 is 19.1 Å². The predicted octanol–water partition coefficient (Wildman–Crippen LogP) is 5.70. The maximum atomic E-state index is 13.4. The van der Waals surface area contributed by atoms with E-state index in [0.29, 0.717) is 12.3 Å². The maximum Gasteiger partial charge on any atom is 0.404 e. The smallest absolute Gasteiger partial charge is 0.404 e. The summed E-state index contributed by atoms with van der Waals surface area (Å²) in [7, 11) is 0. The molecule has 2 aliphatic rings. The largest absolute Gasteiger partial charge is 0.465 e. The molecule has 1 saturated heterocycles. The Bertz CT molecular complexity index is 943. The van der Waals surface area contributed by atoms with Crippen molar-refractivity contribution in [1.29, 1.82) is 0 Å². The summed E-state index contributed by atoms with van der Waals surface area (Å²) < 4.78 is 5.45. The number of carboxylic acid groups (broad SMARTS) is 1. The Morgan fingerprint density at radius 3 is 2.43 bits per heavy atom. The third-order valence-electron chi connectivity index (χ3n) is 7.99. The zero-order chi connectivity index (χ0) is 24.7. The van der Waals surface area contributed by atoms with Crippen LogP contribution < -0.4 is 10.2 Å². The lowest BCUT2D eigenvalue weighted by Crippen LogP contribution is -2.48. The Labute approximate surface area is 208 Å². The first-order valence-corrected chi connectivity index (χ1v) is 13.1. The molecule has 7 heteroatoms. The summed E-state index contributed by atoms with van der Waals surface area (Å²) in [4.78, 5) is 28.7. The molecule has 190 valence electrons. The molecular formula is C28H39N3O4. The molecule has 2 N–H and O–H groups in total. The van der Waals surface area contributed by atoms with E-state index in [2.05, 4.69) is 29.3 Å². The second-order valence-electron chi connectivity index (χ2n) is 10.4. The van der Waals surface area contributed by atoms with Gasteiger partial charge >= 0.3 is 6.09 Å². The molecule has 1 aliphatic heterocycles. The van der Waals surface area contributed by atoms with E-state index < -0.39 is 6.09 Å². The Kier molecular flexibility index (Phi) is 8.50. The highest BCUT2D eigenvalue weighted by atomic mass is 16.4. The fourth-order valence-electron chi connectivity index (χ4n) is 5.88. The molecule has 2 fully saturated rings. The first kappa shape index (κ1) is 25.3. The summed E-state index contributed by atoms with van der Waals surface area (Å²) in [5.74, 6) is 0.298. The van der Waals surface area contributed by atoms with Gasteiger partial charge in [0.1, 0.15) is 0 Å². The van der Waals surface area contributed by atoms with Gasteiger partial charge in [0.25, 0.3) is 5.91 Å². The molecule has 0 spiro atoms. The number of hydrogen-bond donors (Lipinski definition) is 2. The Hall–Kier alpha value is -2.80. The number of likely N-dealkylation sites (tertiary alicyclic amines) is 1. The third kappa shape index (κ3) is 6.66. The minimum Gasteiger partial charge on any atom is -0.465 e. The highest BCUT2D eigenvalue weighted by Gasteiger charge is 2.34. The Morgan fingerprint density at radius 1 is 1.09 bits per heavy atom. The standard InChI is InChI=1S/C28H39N3O4/c1-22-7-9-23(10-8-22)31(26(32)25-6-5-21-35-25)24-11-18-30(19-12-24)20-16-28(13-3-2-4-14-28)15-17-29-27(33)34/h5-10,21,24,29H,2-4,11-20H2,1H3,(H,33,34). The minimum absolute atomic E-state index is 0.0793. The van der Waals surface area contributed by atoms with Crippen LogP contribution in [0.3, 0.4) is 0 Å². The van der Waals surface area contributed by atoms with Crippen LogP contribution in [0.15, 0.2) is 47.1 Å². The van der Waals surface area contributed by atoms with Crippen molar-refractivity contribution in [3.8, 4) is 0 Å². The van der Waals surface area contributed by atoms with Crippen molar-refractivity contribution >= 4 is 17.7 Å². The molecule has 0 atom stereocenters. The van der Waals surface area contributed by atoms with Crippen molar-refractivity contribution in [2.24, 2.45) is 5.41 Å².